The molecule has 0 saturated carbocycles. The van der Waals surface area contributed by atoms with Gasteiger partial charge < -0.3 is 14.5 Å². The lowest BCUT2D eigenvalue weighted by Crippen LogP contribution is -2.14. The number of benzene rings is 11. The Morgan fingerprint density at radius 3 is 1.22 bits per heavy atom. The molecule has 0 aromatic heterocycles. The van der Waals surface area contributed by atoms with Gasteiger partial charge in [0, 0.05) is 33.7 Å². The zero-order valence-electron chi connectivity index (χ0n) is 34.4. The maximum Gasteiger partial charge on any atom is 0.160 e. The van der Waals surface area contributed by atoms with Crippen molar-refractivity contribution in [1.29, 1.82) is 0 Å². The van der Waals surface area contributed by atoms with Crippen LogP contribution in [0.3, 0.4) is 0 Å². The maximum absolute atomic E-state index is 7.46. The first-order valence-corrected chi connectivity index (χ1v) is 21.5. The van der Waals surface area contributed by atoms with Gasteiger partial charge in [-0.1, -0.05) is 182 Å². The monoisotopic (exact) mass is 804 g/mol. The minimum Gasteiger partial charge on any atom is -0.452 e. The minimum atomic E-state index is 0.815. The number of fused-ring (bicyclic) bond motifs is 4. The average molecular weight is 805 g/mol. The molecule has 11 aromatic carbocycles. The highest BCUT2D eigenvalue weighted by Crippen LogP contribution is 2.56. The van der Waals surface area contributed by atoms with Crippen LogP contribution in [0.1, 0.15) is 0 Å². The smallest absolute Gasteiger partial charge is 0.160 e. The summed E-state index contributed by atoms with van der Waals surface area (Å²) in [4.78, 5) is 4.65. The third-order valence-corrected chi connectivity index (χ3v) is 12.4. The van der Waals surface area contributed by atoms with Gasteiger partial charge in [-0.15, -0.1) is 0 Å². The van der Waals surface area contributed by atoms with E-state index in [0.717, 1.165) is 67.5 Å². The van der Waals surface area contributed by atoms with Gasteiger partial charge in [-0.05, 0) is 115 Å². The Labute approximate surface area is 367 Å². The summed E-state index contributed by atoms with van der Waals surface area (Å²) in [6, 6.07) is 86.9. The van der Waals surface area contributed by atoms with Crippen molar-refractivity contribution in [3.8, 4) is 44.9 Å². The molecule has 0 aliphatic carbocycles. The summed E-state index contributed by atoms with van der Waals surface area (Å²) in [6.07, 6.45) is 0. The molecule has 0 atom stereocenters. The Kier molecular flexibility index (Phi) is 8.83. The van der Waals surface area contributed by atoms with Crippen molar-refractivity contribution >= 4 is 66.4 Å². The lowest BCUT2D eigenvalue weighted by Gasteiger charge is -2.33. The van der Waals surface area contributed by atoms with Crippen LogP contribution in [0.25, 0.3) is 65.7 Å². The second-order valence-electron chi connectivity index (χ2n) is 16.1. The summed E-state index contributed by atoms with van der Waals surface area (Å²) in [5.74, 6) is 1.63. The quantitative estimate of drug-likeness (QED) is 0.152. The van der Waals surface area contributed by atoms with Crippen LogP contribution in [0.15, 0.2) is 243 Å². The summed E-state index contributed by atoms with van der Waals surface area (Å²) in [5, 5.41) is 7.16. The standard InChI is InChI=1S/C60H40N2O/c1-3-20-46(21-4-1)61(47-22-5-2-6-23-47)56-30-14-29-55-54-28-13-19-45-35-40-57(60(58(45)54)63-59(55)56)62(48-36-31-43(32-37-48)52-26-11-17-41-15-7-9-24-50(41)52)49-38-33-44(34-39-49)53-27-12-18-42-16-8-10-25-51(42)53/h1-40H. The zero-order chi connectivity index (χ0) is 41.7. The van der Waals surface area contributed by atoms with E-state index < -0.39 is 0 Å². The van der Waals surface area contributed by atoms with Crippen molar-refractivity contribution in [1.82, 2.24) is 0 Å². The van der Waals surface area contributed by atoms with Gasteiger partial charge in [0.15, 0.2) is 11.5 Å². The first-order chi connectivity index (χ1) is 31.3. The second-order valence-corrected chi connectivity index (χ2v) is 16.1. The molecule has 3 nitrogen and oxygen atoms in total. The van der Waals surface area contributed by atoms with Crippen LogP contribution in [0.2, 0.25) is 0 Å². The third kappa shape index (κ3) is 6.29. The SMILES string of the molecule is c1ccc(N(c2ccccc2)c2cccc3c2Oc2c(N(c4ccc(-c5cccc6ccccc56)cc4)c4ccc(-c5cccc6ccccc56)cc4)ccc4cccc-3c24)cc1. The molecule has 0 radical (unpaired) electrons. The number of ether oxygens (including phenoxy) is 1. The molecule has 0 bridgehead atoms. The van der Waals surface area contributed by atoms with E-state index in [9.17, 15) is 0 Å². The van der Waals surface area contributed by atoms with Crippen LogP contribution in [-0.4, -0.2) is 0 Å². The maximum atomic E-state index is 7.46. The Balaban J connectivity index is 1.05. The molecule has 11 aromatic rings. The average Bonchev–Trinajstić information content (AvgIpc) is 3.36. The largest absolute Gasteiger partial charge is 0.452 e. The number of para-hydroxylation sites is 3. The summed E-state index contributed by atoms with van der Waals surface area (Å²) in [7, 11) is 0. The first kappa shape index (κ1) is 36.5. The molecule has 0 saturated heterocycles. The van der Waals surface area contributed by atoms with E-state index in [1.165, 1.54) is 43.8 Å². The van der Waals surface area contributed by atoms with Crippen molar-refractivity contribution in [2.75, 3.05) is 9.80 Å². The Morgan fingerprint density at radius 2 is 0.667 bits per heavy atom. The zero-order valence-corrected chi connectivity index (χ0v) is 34.4. The van der Waals surface area contributed by atoms with Gasteiger partial charge in [-0.3, -0.25) is 0 Å². The second kappa shape index (κ2) is 15.3. The highest BCUT2D eigenvalue weighted by atomic mass is 16.5. The van der Waals surface area contributed by atoms with Crippen LogP contribution in [0, 0.1) is 0 Å². The van der Waals surface area contributed by atoms with E-state index in [4.69, 9.17) is 4.74 Å². The van der Waals surface area contributed by atoms with E-state index in [2.05, 4.69) is 252 Å². The van der Waals surface area contributed by atoms with Crippen LogP contribution in [0.4, 0.5) is 34.1 Å². The van der Waals surface area contributed by atoms with Gasteiger partial charge in [0.2, 0.25) is 0 Å². The molecule has 63 heavy (non-hydrogen) atoms. The predicted octanol–water partition coefficient (Wildman–Crippen LogP) is 17.2. The molecule has 1 aliphatic rings. The summed E-state index contributed by atoms with van der Waals surface area (Å²) in [6.45, 7) is 0. The summed E-state index contributed by atoms with van der Waals surface area (Å²) < 4.78 is 7.46. The molecule has 296 valence electrons. The molecule has 0 spiro atoms. The van der Waals surface area contributed by atoms with E-state index in [1.54, 1.807) is 0 Å². The fraction of sp³-hybridized carbons (Fsp3) is 0. The van der Waals surface area contributed by atoms with E-state index in [-0.39, 0.29) is 0 Å². The number of anilines is 6. The third-order valence-electron chi connectivity index (χ3n) is 12.4. The fourth-order valence-corrected chi connectivity index (χ4v) is 9.50. The summed E-state index contributed by atoms with van der Waals surface area (Å²) in [5.41, 5.74) is 13.1. The topological polar surface area (TPSA) is 15.7 Å². The number of rotatable bonds is 8. The van der Waals surface area contributed by atoms with Gasteiger partial charge in [-0.2, -0.15) is 0 Å². The summed E-state index contributed by atoms with van der Waals surface area (Å²) >= 11 is 0. The van der Waals surface area contributed by atoms with Crippen LogP contribution in [0.5, 0.6) is 11.5 Å². The van der Waals surface area contributed by atoms with Crippen molar-refractivity contribution in [3.05, 3.63) is 243 Å². The van der Waals surface area contributed by atoms with E-state index in [0.29, 0.717) is 0 Å². The minimum absolute atomic E-state index is 0.815. The van der Waals surface area contributed by atoms with Gasteiger partial charge in [0.1, 0.15) is 0 Å². The fourth-order valence-electron chi connectivity index (χ4n) is 9.50. The highest BCUT2D eigenvalue weighted by Gasteiger charge is 2.30. The van der Waals surface area contributed by atoms with Gasteiger partial charge in [0.25, 0.3) is 0 Å². The van der Waals surface area contributed by atoms with E-state index >= 15 is 0 Å². The predicted molar refractivity (Wildman–Crippen MR) is 265 cm³/mol. The first-order valence-electron chi connectivity index (χ1n) is 21.5. The lowest BCUT2D eigenvalue weighted by molar-refractivity contribution is 0.489. The molecule has 0 unspecified atom stereocenters. The molecule has 0 N–H and O–H groups in total. The van der Waals surface area contributed by atoms with Crippen molar-refractivity contribution in [2.45, 2.75) is 0 Å². The van der Waals surface area contributed by atoms with Gasteiger partial charge in [0.05, 0.1) is 11.4 Å². The Bertz CT molecular complexity index is 3300. The van der Waals surface area contributed by atoms with Gasteiger partial charge in [-0.25, -0.2) is 0 Å². The van der Waals surface area contributed by atoms with Crippen molar-refractivity contribution in [3.63, 3.8) is 0 Å². The number of hydrogen-bond donors (Lipinski definition) is 0. The molecule has 1 heterocycles. The molecular weight excluding hydrogens is 765 g/mol. The number of hydrogen-bond acceptors (Lipinski definition) is 3. The molecule has 3 heteroatoms. The van der Waals surface area contributed by atoms with Crippen molar-refractivity contribution in [2.24, 2.45) is 0 Å². The normalized spacial score (nSPS) is 11.6. The highest BCUT2D eigenvalue weighted by molar-refractivity contribution is 6.10. The Morgan fingerprint density at radius 1 is 0.254 bits per heavy atom. The van der Waals surface area contributed by atoms with Gasteiger partial charge >= 0.3 is 0 Å². The Hall–Kier alpha value is -8.40. The van der Waals surface area contributed by atoms with Crippen LogP contribution >= 0.6 is 0 Å². The number of nitrogens with zero attached hydrogens (tertiary/aromatic N) is 2. The van der Waals surface area contributed by atoms with E-state index in [1.807, 2.05) is 0 Å². The molecule has 0 fully saturated rings. The molecule has 0 amide bonds. The molecule has 12 rings (SSSR count). The lowest BCUT2D eigenvalue weighted by atomic mass is 9.92. The van der Waals surface area contributed by atoms with Crippen LogP contribution in [-0.2, 0) is 0 Å². The molecular formula is C60H40N2O. The van der Waals surface area contributed by atoms with Crippen molar-refractivity contribution < 1.29 is 4.74 Å². The van der Waals surface area contributed by atoms with Crippen LogP contribution < -0.4 is 14.5 Å². The molecule has 1 aliphatic heterocycles.